The monoisotopic (exact) mass is 372 g/mol. The molecule has 0 bridgehead atoms. The quantitative estimate of drug-likeness (QED) is 0.474. The Labute approximate surface area is 131 Å². The highest BCUT2D eigenvalue weighted by atomic mass is 127. The van der Waals surface area contributed by atoms with Crippen LogP contribution in [0.1, 0.15) is 21.5 Å². The average molecular weight is 372 g/mol. The first kappa shape index (κ1) is 14.2. The van der Waals surface area contributed by atoms with Crippen LogP contribution in [0.5, 0.6) is 5.75 Å². The fraction of sp³-hybridized carbons (Fsp3) is 0. The lowest BCUT2D eigenvalue weighted by molar-refractivity contribution is 0.110. The molecule has 0 aliphatic heterocycles. The van der Waals surface area contributed by atoms with E-state index in [1.54, 1.807) is 71.1 Å². The molecule has 2 aromatic rings. The molecule has 0 radical (unpaired) electrons. The van der Waals surface area contributed by atoms with Crippen LogP contribution in [-0.2, 0) is 0 Å². The molecule has 0 spiro atoms. The highest BCUT2D eigenvalue weighted by molar-refractivity contribution is 14.1. The van der Waals surface area contributed by atoms with Gasteiger partial charge in [-0.05, 0) is 60.4 Å². The van der Waals surface area contributed by atoms with Gasteiger partial charge in [-0.25, -0.2) is 0 Å². The average Bonchev–Trinajstić information content (AvgIpc) is 2.46. The number of halogens is 1. The van der Waals surface area contributed by atoms with E-state index in [1.807, 2.05) is 0 Å². The lowest BCUT2D eigenvalue weighted by Crippen LogP contribution is -1.86. The van der Waals surface area contributed by atoms with Crippen molar-refractivity contribution in [2.24, 2.45) is 0 Å². The van der Waals surface area contributed by atoms with Gasteiger partial charge in [0.2, 0.25) is 3.79 Å². The summed E-state index contributed by atoms with van der Waals surface area (Å²) in [7, 11) is 0. The largest absolute Gasteiger partial charge is 0.508 e. The van der Waals surface area contributed by atoms with Gasteiger partial charge < -0.3 is 5.11 Å². The van der Waals surface area contributed by atoms with E-state index in [2.05, 4.69) is 23.7 Å². The topological polar surface area (TPSA) is 37.3 Å². The number of hydrogen-bond acceptors (Lipinski definition) is 2. The first-order chi connectivity index (χ1) is 9.65. The minimum atomic E-state index is 0.00855. The first-order valence-corrected chi connectivity index (χ1v) is 6.84. The van der Waals surface area contributed by atoms with Crippen molar-refractivity contribution in [1.82, 2.24) is 0 Å². The van der Waals surface area contributed by atoms with Crippen molar-refractivity contribution in [1.29, 1.82) is 0 Å². The van der Waals surface area contributed by atoms with Gasteiger partial charge in [-0.3, -0.25) is 4.79 Å². The second kappa shape index (κ2) is 6.79. The van der Waals surface area contributed by atoms with Crippen LogP contribution in [0.4, 0.5) is 0 Å². The molecule has 0 aromatic heterocycles. The lowest BCUT2D eigenvalue weighted by Gasteiger charge is -1.92. The van der Waals surface area contributed by atoms with Crippen LogP contribution in [0.15, 0.2) is 48.5 Å². The molecule has 0 aliphatic rings. The van der Waals surface area contributed by atoms with Crippen LogP contribution in [0, 0.1) is 23.7 Å². The van der Waals surface area contributed by atoms with Gasteiger partial charge in [-0.15, -0.1) is 0 Å². The smallest absolute Gasteiger partial charge is 0.222 e. The Bertz CT molecular complexity index is 736. The second-order valence-electron chi connectivity index (χ2n) is 3.90. The van der Waals surface area contributed by atoms with Gasteiger partial charge in [0, 0.05) is 39.3 Å². The fourth-order valence-corrected chi connectivity index (χ4v) is 1.80. The van der Waals surface area contributed by atoms with Gasteiger partial charge in [0.05, 0.1) is 0 Å². The van der Waals surface area contributed by atoms with E-state index in [9.17, 15) is 4.79 Å². The molecule has 2 rings (SSSR count). The molecular weight excluding hydrogens is 363 g/mol. The molecule has 0 atom stereocenters. The number of hydrogen-bond donors (Lipinski definition) is 1. The standard InChI is InChI=1S/C17H9IO2/c18-17(20)15-9-5-13(6-10-15)3-1-2-4-14-7-11-16(19)12-8-14/h5-12,19H. The van der Waals surface area contributed by atoms with Gasteiger partial charge in [-0.1, -0.05) is 11.8 Å². The minimum absolute atomic E-state index is 0.00855. The maximum atomic E-state index is 11.1. The summed E-state index contributed by atoms with van der Waals surface area (Å²) in [6, 6.07) is 13.7. The zero-order valence-corrected chi connectivity index (χ0v) is 12.5. The van der Waals surface area contributed by atoms with Gasteiger partial charge >= 0.3 is 0 Å². The minimum Gasteiger partial charge on any atom is -0.508 e. The van der Waals surface area contributed by atoms with Crippen LogP contribution in [-0.4, -0.2) is 8.90 Å². The Hall–Kier alpha value is -2.24. The molecule has 96 valence electrons. The lowest BCUT2D eigenvalue weighted by atomic mass is 10.1. The molecule has 20 heavy (non-hydrogen) atoms. The zero-order valence-electron chi connectivity index (χ0n) is 10.4. The van der Waals surface area contributed by atoms with E-state index < -0.39 is 0 Å². The number of aromatic hydroxyl groups is 1. The molecule has 0 saturated carbocycles. The summed E-state index contributed by atoms with van der Waals surface area (Å²) in [5.41, 5.74) is 2.26. The predicted octanol–water partition coefficient (Wildman–Crippen LogP) is 3.37. The van der Waals surface area contributed by atoms with Gasteiger partial charge in [0.25, 0.3) is 0 Å². The van der Waals surface area contributed by atoms with Crippen molar-refractivity contribution >= 4 is 26.4 Å². The number of carbonyl (C=O) groups is 1. The van der Waals surface area contributed by atoms with Crippen LogP contribution in [0.3, 0.4) is 0 Å². The summed E-state index contributed by atoms with van der Waals surface area (Å²) in [5, 5.41) is 9.14. The first-order valence-electron chi connectivity index (χ1n) is 5.76. The van der Waals surface area contributed by atoms with E-state index in [0.29, 0.717) is 5.56 Å². The SMILES string of the molecule is O=C(I)c1ccc(C#CC#Cc2ccc(O)cc2)cc1. The Balaban J connectivity index is 2.08. The summed E-state index contributed by atoms with van der Waals surface area (Å²) in [6.45, 7) is 0. The van der Waals surface area contributed by atoms with E-state index in [4.69, 9.17) is 5.11 Å². The number of phenolic OH excluding ortho intramolecular Hbond substituents is 1. The van der Waals surface area contributed by atoms with Gasteiger partial charge in [-0.2, -0.15) is 0 Å². The van der Waals surface area contributed by atoms with E-state index in [-0.39, 0.29) is 9.54 Å². The fourth-order valence-electron chi connectivity index (χ4n) is 1.44. The van der Waals surface area contributed by atoms with Crippen LogP contribution in [0.2, 0.25) is 0 Å². The molecule has 0 amide bonds. The Morgan fingerprint density at radius 3 is 1.75 bits per heavy atom. The summed E-state index contributed by atoms with van der Waals surface area (Å²) >= 11 is 1.75. The summed E-state index contributed by atoms with van der Waals surface area (Å²) in [6.07, 6.45) is 0. The molecule has 2 aromatic carbocycles. The maximum absolute atomic E-state index is 11.1. The Morgan fingerprint density at radius 2 is 1.30 bits per heavy atom. The third-order valence-electron chi connectivity index (χ3n) is 2.46. The van der Waals surface area contributed by atoms with Crippen molar-refractivity contribution in [3.63, 3.8) is 0 Å². The zero-order chi connectivity index (χ0) is 14.4. The Kier molecular flexibility index (Phi) is 4.81. The molecule has 0 heterocycles. The molecule has 1 N–H and O–H groups in total. The van der Waals surface area contributed by atoms with Crippen molar-refractivity contribution < 1.29 is 9.90 Å². The molecular formula is C17H9IO2. The number of rotatable bonds is 1. The molecule has 2 nitrogen and oxygen atoms in total. The summed E-state index contributed by atoms with van der Waals surface area (Å²) in [4.78, 5) is 11.1. The van der Waals surface area contributed by atoms with Crippen molar-refractivity contribution in [3.05, 3.63) is 65.2 Å². The number of benzene rings is 2. The number of phenols is 1. The third-order valence-corrected chi connectivity index (χ3v) is 3.08. The highest BCUT2D eigenvalue weighted by Gasteiger charge is 1.98. The Morgan fingerprint density at radius 1 is 0.850 bits per heavy atom. The van der Waals surface area contributed by atoms with Crippen LogP contribution < -0.4 is 0 Å². The molecule has 0 fully saturated rings. The predicted molar refractivity (Wildman–Crippen MR) is 86.7 cm³/mol. The van der Waals surface area contributed by atoms with Gasteiger partial charge in [0.1, 0.15) is 5.75 Å². The van der Waals surface area contributed by atoms with Gasteiger partial charge in [0.15, 0.2) is 0 Å². The molecule has 0 saturated heterocycles. The van der Waals surface area contributed by atoms with Crippen molar-refractivity contribution in [3.8, 4) is 29.4 Å². The van der Waals surface area contributed by atoms with Crippen molar-refractivity contribution in [2.45, 2.75) is 0 Å². The van der Waals surface area contributed by atoms with Crippen LogP contribution >= 0.6 is 22.6 Å². The van der Waals surface area contributed by atoms with Crippen LogP contribution in [0.25, 0.3) is 0 Å². The normalized spacial score (nSPS) is 8.85. The highest BCUT2D eigenvalue weighted by Crippen LogP contribution is 2.08. The third kappa shape index (κ3) is 4.15. The van der Waals surface area contributed by atoms with E-state index >= 15 is 0 Å². The summed E-state index contributed by atoms with van der Waals surface area (Å²) in [5.74, 6) is 11.5. The molecule has 0 unspecified atom stereocenters. The second-order valence-corrected chi connectivity index (χ2v) is 4.88. The number of carbonyl (C=O) groups excluding carboxylic acids is 1. The molecule has 3 heteroatoms. The summed E-state index contributed by atoms with van der Waals surface area (Å²) < 4.78 is 0.00855. The van der Waals surface area contributed by atoms with E-state index in [1.165, 1.54) is 0 Å². The van der Waals surface area contributed by atoms with E-state index in [0.717, 1.165) is 11.1 Å². The maximum Gasteiger partial charge on any atom is 0.222 e. The molecule has 0 aliphatic carbocycles. The van der Waals surface area contributed by atoms with Crippen molar-refractivity contribution in [2.75, 3.05) is 0 Å².